The maximum Gasteiger partial charge on any atom is 0.357 e. The van der Waals surface area contributed by atoms with E-state index in [4.69, 9.17) is 4.74 Å². The lowest BCUT2D eigenvalue weighted by molar-refractivity contribution is 0.0689. The molecule has 0 fully saturated rings. The summed E-state index contributed by atoms with van der Waals surface area (Å²) in [7, 11) is 0. The van der Waals surface area contributed by atoms with Gasteiger partial charge in [-0.1, -0.05) is 82.0 Å². The number of carboxylic acids is 1. The van der Waals surface area contributed by atoms with Crippen molar-refractivity contribution >= 4 is 27.5 Å². The third-order valence-electron chi connectivity index (χ3n) is 6.20. The highest BCUT2D eigenvalue weighted by Crippen LogP contribution is 2.35. The fourth-order valence-corrected chi connectivity index (χ4v) is 4.81. The van der Waals surface area contributed by atoms with Crippen molar-refractivity contribution in [2.45, 2.75) is 58.5 Å². The van der Waals surface area contributed by atoms with Crippen molar-refractivity contribution in [2.75, 3.05) is 0 Å². The van der Waals surface area contributed by atoms with Crippen LogP contribution in [0.2, 0.25) is 0 Å². The van der Waals surface area contributed by atoms with Gasteiger partial charge in [0.2, 0.25) is 0 Å². The van der Waals surface area contributed by atoms with Crippen molar-refractivity contribution in [3.05, 3.63) is 82.2 Å². The molecule has 35 heavy (non-hydrogen) atoms. The van der Waals surface area contributed by atoms with Crippen molar-refractivity contribution in [1.29, 1.82) is 0 Å². The second kappa shape index (κ2) is 11.5. The number of nitrogens with zero attached hydrogens (tertiary/aromatic N) is 3. The van der Waals surface area contributed by atoms with Crippen LogP contribution in [0.5, 0.6) is 5.75 Å². The quantitative estimate of drug-likeness (QED) is 0.201. The average Bonchev–Trinajstić information content (AvgIpc) is 3.22. The largest absolute Gasteiger partial charge is 0.489 e. The molecule has 0 bridgehead atoms. The first-order valence-electron chi connectivity index (χ1n) is 12.1. The Morgan fingerprint density at radius 2 is 1.83 bits per heavy atom. The van der Waals surface area contributed by atoms with Crippen molar-refractivity contribution in [2.24, 2.45) is 0 Å². The smallest absolute Gasteiger partial charge is 0.357 e. The summed E-state index contributed by atoms with van der Waals surface area (Å²) in [5.74, 6) is -0.115. The lowest BCUT2D eigenvalue weighted by Gasteiger charge is -2.18. The zero-order valence-corrected chi connectivity index (χ0v) is 21.7. The average molecular weight is 536 g/mol. The number of fused-ring (bicyclic) bond motifs is 1. The zero-order chi connectivity index (χ0) is 24.8. The molecule has 1 unspecified atom stereocenters. The molecular formula is C28H30BrN3O3. The number of aromatic carboxylic acids is 1. The van der Waals surface area contributed by atoms with Gasteiger partial charge in [0.1, 0.15) is 12.4 Å². The topological polar surface area (TPSA) is 76.7 Å². The number of carboxylic acid groups (broad SMARTS) is 1. The van der Waals surface area contributed by atoms with E-state index in [0.29, 0.717) is 16.7 Å². The van der Waals surface area contributed by atoms with E-state index in [1.165, 1.54) is 19.3 Å². The van der Waals surface area contributed by atoms with Gasteiger partial charge < -0.3 is 9.84 Å². The van der Waals surface area contributed by atoms with Crippen LogP contribution < -0.4 is 4.74 Å². The lowest BCUT2D eigenvalue weighted by Crippen LogP contribution is -2.08. The summed E-state index contributed by atoms with van der Waals surface area (Å²) in [6, 6.07) is 18.0. The van der Waals surface area contributed by atoms with Crippen LogP contribution in [0.3, 0.4) is 0 Å². The van der Waals surface area contributed by atoms with E-state index in [-0.39, 0.29) is 11.6 Å². The summed E-state index contributed by atoms with van der Waals surface area (Å²) in [4.78, 5) is 16.3. The minimum atomic E-state index is -1.08. The number of carbonyl (C=O) groups is 1. The van der Waals surface area contributed by atoms with Gasteiger partial charge in [-0.2, -0.15) is 5.10 Å². The maximum atomic E-state index is 11.7. The predicted octanol–water partition coefficient (Wildman–Crippen LogP) is 7.51. The third-order valence-corrected chi connectivity index (χ3v) is 6.93. The number of hydrogen-bond acceptors (Lipinski definition) is 4. The third kappa shape index (κ3) is 5.73. The van der Waals surface area contributed by atoms with Gasteiger partial charge in [-0.3, -0.25) is 0 Å². The normalized spacial score (nSPS) is 12.1. The molecule has 0 radical (unpaired) electrons. The molecule has 7 heteroatoms. The van der Waals surface area contributed by atoms with Gasteiger partial charge in [0.05, 0.1) is 10.2 Å². The van der Waals surface area contributed by atoms with Gasteiger partial charge in [-0.15, -0.1) is 0 Å². The highest BCUT2D eigenvalue weighted by molar-refractivity contribution is 9.10. The first-order valence-corrected chi connectivity index (χ1v) is 12.9. The van der Waals surface area contributed by atoms with Gasteiger partial charge in [-0.25, -0.2) is 14.3 Å². The van der Waals surface area contributed by atoms with E-state index < -0.39 is 5.97 Å². The van der Waals surface area contributed by atoms with Crippen LogP contribution in [-0.2, 0) is 6.61 Å². The Kier molecular flexibility index (Phi) is 8.18. The molecule has 2 aromatic heterocycles. The number of rotatable bonds is 11. The lowest BCUT2D eigenvalue weighted by atomic mass is 9.93. The standard InChI is InChI=1S/C28H30BrN3O3/c1-3-4-5-7-10-19(2)26-23(17-30-27-24(29)25(28(33)34)31-32(26)27)21-13-15-22(16-14-21)35-18-20-11-8-6-9-12-20/h6,8-9,11-17,19H,3-5,7,10,18H2,1-2H3,(H,33,34). The summed E-state index contributed by atoms with van der Waals surface area (Å²) >= 11 is 3.39. The van der Waals surface area contributed by atoms with E-state index in [1.807, 2.05) is 60.8 Å². The first-order chi connectivity index (χ1) is 17.0. The summed E-state index contributed by atoms with van der Waals surface area (Å²) < 4.78 is 8.05. The van der Waals surface area contributed by atoms with E-state index in [9.17, 15) is 9.90 Å². The van der Waals surface area contributed by atoms with Crippen LogP contribution >= 0.6 is 15.9 Å². The van der Waals surface area contributed by atoms with Gasteiger partial charge >= 0.3 is 5.97 Å². The number of aromatic nitrogens is 3. The van der Waals surface area contributed by atoms with E-state index in [1.54, 1.807) is 4.52 Å². The van der Waals surface area contributed by atoms with Crippen molar-refractivity contribution < 1.29 is 14.6 Å². The Morgan fingerprint density at radius 1 is 1.09 bits per heavy atom. The van der Waals surface area contributed by atoms with Gasteiger partial charge in [0.15, 0.2) is 11.3 Å². The second-order valence-corrected chi connectivity index (χ2v) is 9.60. The molecule has 0 spiro atoms. The number of halogens is 1. The van der Waals surface area contributed by atoms with E-state index in [2.05, 4.69) is 39.9 Å². The molecule has 4 aromatic rings. The molecule has 2 heterocycles. The fourth-order valence-electron chi connectivity index (χ4n) is 4.29. The molecule has 0 saturated carbocycles. The monoisotopic (exact) mass is 535 g/mol. The van der Waals surface area contributed by atoms with Crippen LogP contribution in [0.25, 0.3) is 16.8 Å². The van der Waals surface area contributed by atoms with Crippen LogP contribution in [0.1, 0.15) is 73.6 Å². The molecular weight excluding hydrogens is 506 g/mol. The molecule has 0 aliphatic carbocycles. The zero-order valence-electron chi connectivity index (χ0n) is 20.1. The highest BCUT2D eigenvalue weighted by Gasteiger charge is 2.24. The van der Waals surface area contributed by atoms with Crippen molar-refractivity contribution in [3.63, 3.8) is 0 Å². The van der Waals surface area contributed by atoms with Gasteiger partial charge in [-0.05, 0) is 51.5 Å². The summed E-state index contributed by atoms with van der Waals surface area (Å²) in [6.45, 7) is 4.89. The predicted molar refractivity (Wildman–Crippen MR) is 141 cm³/mol. The van der Waals surface area contributed by atoms with Crippen LogP contribution in [0.4, 0.5) is 0 Å². The molecule has 0 amide bonds. The molecule has 2 aromatic carbocycles. The molecule has 0 aliphatic rings. The van der Waals surface area contributed by atoms with Crippen molar-refractivity contribution in [3.8, 4) is 16.9 Å². The van der Waals surface area contributed by atoms with E-state index in [0.717, 1.165) is 41.0 Å². The molecule has 0 aliphatic heterocycles. The maximum absolute atomic E-state index is 11.7. The number of ether oxygens (including phenoxy) is 1. The van der Waals surface area contributed by atoms with Crippen LogP contribution in [0.15, 0.2) is 65.3 Å². The fraction of sp³-hybridized carbons (Fsp3) is 0.321. The molecule has 4 rings (SSSR count). The molecule has 1 N–H and O–H groups in total. The minimum absolute atomic E-state index is 0.0289. The number of unbranched alkanes of at least 4 members (excludes halogenated alkanes) is 3. The minimum Gasteiger partial charge on any atom is -0.489 e. The molecule has 0 saturated heterocycles. The molecule has 182 valence electrons. The first kappa shape index (κ1) is 24.9. The van der Waals surface area contributed by atoms with Crippen molar-refractivity contribution in [1.82, 2.24) is 14.6 Å². The Morgan fingerprint density at radius 3 is 2.51 bits per heavy atom. The summed E-state index contributed by atoms with van der Waals surface area (Å²) in [5.41, 5.74) is 4.51. The molecule has 1 atom stereocenters. The second-order valence-electron chi connectivity index (χ2n) is 8.81. The molecule has 6 nitrogen and oxygen atoms in total. The summed E-state index contributed by atoms with van der Waals surface area (Å²) in [6.07, 6.45) is 7.51. The van der Waals surface area contributed by atoms with Crippen LogP contribution in [0, 0.1) is 0 Å². The Balaban J connectivity index is 1.67. The Labute approximate surface area is 214 Å². The van der Waals surface area contributed by atoms with Crippen LogP contribution in [-0.4, -0.2) is 25.7 Å². The van der Waals surface area contributed by atoms with Gasteiger partial charge in [0, 0.05) is 11.8 Å². The Bertz CT molecular complexity index is 1290. The number of hydrogen-bond donors (Lipinski definition) is 1. The SMILES string of the molecule is CCCCCCC(C)c1c(-c2ccc(OCc3ccccc3)cc2)cnc2c(Br)c(C(=O)O)nn12. The highest BCUT2D eigenvalue weighted by atomic mass is 79.9. The summed E-state index contributed by atoms with van der Waals surface area (Å²) in [5, 5.41) is 14.0. The number of benzene rings is 2. The van der Waals surface area contributed by atoms with Gasteiger partial charge in [0.25, 0.3) is 0 Å². The Hall–Kier alpha value is -3.19. The van der Waals surface area contributed by atoms with E-state index >= 15 is 0 Å².